The number of anilines is 3. The first-order valence-corrected chi connectivity index (χ1v) is 16.0. The van der Waals surface area contributed by atoms with Crippen molar-refractivity contribution in [3.05, 3.63) is 169 Å². The fraction of sp³-hybridized carbons (Fsp3) is 0.143. The van der Waals surface area contributed by atoms with Crippen molar-refractivity contribution in [3.63, 3.8) is 0 Å². The van der Waals surface area contributed by atoms with Gasteiger partial charge < -0.3 is 9.47 Å². The van der Waals surface area contributed by atoms with Gasteiger partial charge in [-0.25, -0.2) is 9.97 Å². The SMILES string of the molecule is CC(C)c1cccc(C(C)C)c1-n1ccnc1.c1ccc(N(c2ccccc2)c2cccc(-c3ccc4ccccc4n3)c2)cc1. The molecule has 0 bridgehead atoms. The second-order valence-electron chi connectivity index (χ2n) is 12.0. The van der Waals surface area contributed by atoms with Crippen LogP contribution in [0.4, 0.5) is 17.1 Å². The van der Waals surface area contributed by atoms with Crippen molar-refractivity contribution in [2.24, 2.45) is 0 Å². The number of hydrogen-bond acceptors (Lipinski definition) is 3. The standard InChI is InChI=1S/C27H20N2.C15H20N2/c1-3-12-23(13-4-1)29(24-14-5-2-6-15-24)25-16-9-11-22(20-25)27-19-18-21-10-7-8-17-26(21)28-27;1-11(2)13-6-5-7-14(12(3)4)15(13)17-9-8-16-10-17/h1-20H;5-12H,1-4H3. The Morgan fingerprint density at radius 1 is 0.565 bits per heavy atom. The maximum absolute atomic E-state index is 4.87. The molecular weight excluding hydrogens is 560 g/mol. The van der Waals surface area contributed by atoms with Gasteiger partial charge >= 0.3 is 0 Å². The van der Waals surface area contributed by atoms with E-state index in [1.807, 2.05) is 43.0 Å². The maximum Gasteiger partial charge on any atom is 0.0991 e. The predicted octanol–water partition coefficient (Wildman–Crippen LogP) is 11.5. The summed E-state index contributed by atoms with van der Waals surface area (Å²) < 4.78 is 2.13. The number of aromatic nitrogens is 3. The van der Waals surface area contributed by atoms with Gasteiger partial charge in [-0.05, 0) is 71.5 Å². The Hall–Kier alpha value is -5.48. The molecule has 0 saturated carbocycles. The number of para-hydroxylation sites is 4. The molecule has 2 heterocycles. The number of hydrogen-bond donors (Lipinski definition) is 0. The normalized spacial score (nSPS) is 11.0. The van der Waals surface area contributed by atoms with Gasteiger partial charge in [0.05, 0.1) is 23.2 Å². The topological polar surface area (TPSA) is 34.0 Å². The number of benzene rings is 5. The van der Waals surface area contributed by atoms with Crippen LogP contribution in [0.25, 0.3) is 27.8 Å². The van der Waals surface area contributed by atoms with Crippen LogP contribution in [-0.2, 0) is 0 Å². The molecule has 0 aliphatic heterocycles. The Bertz CT molecular complexity index is 1930. The minimum Gasteiger partial charge on any atom is -0.310 e. The quantitative estimate of drug-likeness (QED) is 0.182. The lowest BCUT2D eigenvalue weighted by Crippen LogP contribution is -2.09. The summed E-state index contributed by atoms with van der Waals surface area (Å²) >= 11 is 0. The van der Waals surface area contributed by atoms with E-state index < -0.39 is 0 Å². The summed E-state index contributed by atoms with van der Waals surface area (Å²) in [6, 6.07) is 48.5. The van der Waals surface area contributed by atoms with Gasteiger partial charge in [0.25, 0.3) is 0 Å². The van der Waals surface area contributed by atoms with E-state index >= 15 is 0 Å². The maximum atomic E-state index is 4.87. The molecule has 0 aliphatic rings. The minimum atomic E-state index is 0.520. The second-order valence-corrected chi connectivity index (χ2v) is 12.0. The number of imidazole rings is 1. The van der Waals surface area contributed by atoms with E-state index in [4.69, 9.17) is 4.98 Å². The monoisotopic (exact) mass is 600 g/mol. The molecule has 0 saturated heterocycles. The van der Waals surface area contributed by atoms with E-state index in [9.17, 15) is 0 Å². The summed E-state index contributed by atoms with van der Waals surface area (Å²) in [7, 11) is 0. The first-order chi connectivity index (χ1) is 22.5. The van der Waals surface area contributed by atoms with Crippen LogP contribution in [-0.4, -0.2) is 14.5 Å². The van der Waals surface area contributed by atoms with Crippen LogP contribution in [0.3, 0.4) is 0 Å². The molecule has 0 radical (unpaired) electrons. The van der Waals surface area contributed by atoms with E-state index in [0.29, 0.717) is 11.8 Å². The van der Waals surface area contributed by atoms with Crippen LogP contribution in [0.5, 0.6) is 0 Å². The van der Waals surface area contributed by atoms with Crippen molar-refractivity contribution in [1.82, 2.24) is 14.5 Å². The van der Waals surface area contributed by atoms with Gasteiger partial charge in [-0.1, -0.05) is 119 Å². The molecule has 0 amide bonds. The summed E-state index contributed by atoms with van der Waals surface area (Å²) in [6.45, 7) is 8.94. The Balaban J connectivity index is 0.000000187. The molecule has 46 heavy (non-hydrogen) atoms. The number of rotatable bonds is 7. The smallest absolute Gasteiger partial charge is 0.0991 e. The Morgan fingerprint density at radius 3 is 1.76 bits per heavy atom. The first-order valence-electron chi connectivity index (χ1n) is 16.0. The number of fused-ring (bicyclic) bond motifs is 1. The Kier molecular flexibility index (Phi) is 9.35. The molecule has 0 unspecified atom stereocenters. The molecule has 2 aromatic heterocycles. The van der Waals surface area contributed by atoms with E-state index in [0.717, 1.165) is 39.2 Å². The molecule has 7 aromatic rings. The molecule has 4 nitrogen and oxygen atoms in total. The van der Waals surface area contributed by atoms with Crippen molar-refractivity contribution in [1.29, 1.82) is 0 Å². The fourth-order valence-electron chi connectivity index (χ4n) is 5.83. The molecule has 0 aliphatic carbocycles. The summed E-state index contributed by atoms with van der Waals surface area (Å²) in [6.07, 6.45) is 5.74. The van der Waals surface area contributed by atoms with Crippen molar-refractivity contribution in [2.45, 2.75) is 39.5 Å². The summed E-state index contributed by atoms with van der Waals surface area (Å²) in [5.41, 5.74) is 10.5. The van der Waals surface area contributed by atoms with Gasteiger partial charge in [-0.3, -0.25) is 0 Å². The third kappa shape index (κ3) is 6.77. The van der Waals surface area contributed by atoms with E-state index in [1.165, 1.54) is 16.8 Å². The highest BCUT2D eigenvalue weighted by molar-refractivity contribution is 5.83. The number of nitrogens with zero attached hydrogens (tertiary/aromatic N) is 4. The molecular formula is C42H40N4. The average Bonchev–Trinajstić information content (AvgIpc) is 3.64. The summed E-state index contributed by atoms with van der Waals surface area (Å²) in [4.78, 5) is 11.3. The summed E-state index contributed by atoms with van der Waals surface area (Å²) in [5, 5.41) is 1.16. The second kappa shape index (κ2) is 14.1. The lowest BCUT2D eigenvalue weighted by molar-refractivity contribution is 0.805. The van der Waals surface area contributed by atoms with Crippen molar-refractivity contribution < 1.29 is 0 Å². The van der Waals surface area contributed by atoms with Crippen LogP contribution in [0, 0.1) is 0 Å². The summed E-state index contributed by atoms with van der Waals surface area (Å²) in [5.74, 6) is 1.04. The largest absolute Gasteiger partial charge is 0.310 e. The van der Waals surface area contributed by atoms with Crippen molar-refractivity contribution >= 4 is 28.0 Å². The molecule has 7 rings (SSSR count). The number of pyridine rings is 1. The lowest BCUT2D eigenvalue weighted by atomic mass is 9.92. The third-order valence-corrected chi connectivity index (χ3v) is 8.13. The fourth-order valence-corrected chi connectivity index (χ4v) is 5.83. The van der Waals surface area contributed by atoms with Gasteiger partial charge in [-0.2, -0.15) is 0 Å². The molecule has 4 heteroatoms. The predicted molar refractivity (Wildman–Crippen MR) is 194 cm³/mol. The van der Waals surface area contributed by atoms with Gasteiger partial charge in [0.15, 0.2) is 0 Å². The van der Waals surface area contributed by atoms with Crippen molar-refractivity contribution in [3.8, 4) is 16.9 Å². The highest BCUT2D eigenvalue weighted by atomic mass is 15.1. The molecule has 0 atom stereocenters. The van der Waals surface area contributed by atoms with Gasteiger partial charge in [0.2, 0.25) is 0 Å². The van der Waals surface area contributed by atoms with Gasteiger partial charge in [-0.15, -0.1) is 0 Å². The highest BCUT2D eigenvalue weighted by Gasteiger charge is 2.15. The highest BCUT2D eigenvalue weighted by Crippen LogP contribution is 2.36. The first kappa shape index (κ1) is 30.5. The van der Waals surface area contributed by atoms with Gasteiger partial charge in [0.1, 0.15) is 0 Å². The van der Waals surface area contributed by atoms with Crippen LogP contribution in [0.1, 0.15) is 50.7 Å². The van der Waals surface area contributed by atoms with Gasteiger partial charge in [0, 0.05) is 40.4 Å². The zero-order valence-corrected chi connectivity index (χ0v) is 27.0. The Morgan fingerprint density at radius 2 is 1.15 bits per heavy atom. The van der Waals surface area contributed by atoms with Crippen LogP contribution >= 0.6 is 0 Å². The minimum absolute atomic E-state index is 0.520. The molecule has 5 aromatic carbocycles. The van der Waals surface area contributed by atoms with Crippen LogP contribution in [0.2, 0.25) is 0 Å². The lowest BCUT2D eigenvalue weighted by Gasteiger charge is -2.25. The Labute approximate surface area is 272 Å². The van der Waals surface area contributed by atoms with E-state index in [2.05, 4.69) is 157 Å². The third-order valence-electron chi connectivity index (χ3n) is 8.13. The zero-order valence-electron chi connectivity index (χ0n) is 27.0. The van der Waals surface area contributed by atoms with E-state index in [1.54, 1.807) is 0 Å². The van der Waals surface area contributed by atoms with Crippen molar-refractivity contribution in [2.75, 3.05) is 4.90 Å². The molecule has 0 spiro atoms. The zero-order chi connectivity index (χ0) is 31.9. The molecule has 228 valence electrons. The van der Waals surface area contributed by atoms with E-state index in [-0.39, 0.29) is 0 Å². The molecule has 0 N–H and O–H groups in total. The van der Waals surface area contributed by atoms with Crippen LogP contribution < -0.4 is 4.90 Å². The average molecular weight is 601 g/mol. The van der Waals surface area contributed by atoms with Crippen LogP contribution in [0.15, 0.2) is 158 Å². The molecule has 0 fully saturated rings.